The largest absolute Gasteiger partial charge is 0.312 e. The first-order valence-corrected chi connectivity index (χ1v) is 6.84. The summed E-state index contributed by atoms with van der Waals surface area (Å²) < 4.78 is 0. The number of nitrogens with one attached hydrogen (secondary N) is 1. The van der Waals surface area contributed by atoms with E-state index in [1.807, 2.05) is 32.4 Å². The van der Waals surface area contributed by atoms with Crippen LogP contribution in [0.5, 0.6) is 0 Å². The van der Waals surface area contributed by atoms with Crippen molar-refractivity contribution >= 4 is 11.6 Å². The van der Waals surface area contributed by atoms with E-state index in [9.17, 15) is 0 Å². The number of halogens is 1. The van der Waals surface area contributed by atoms with Crippen molar-refractivity contribution in [1.82, 2.24) is 10.3 Å². The van der Waals surface area contributed by atoms with Crippen LogP contribution in [0.4, 0.5) is 0 Å². The SMILES string of the molecule is CNC(c1ccc(Cl)c(C)c1)C(C)c1ccncc1. The minimum Gasteiger partial charge on any atom is -0.312 e. The Labute approximate surface area is 119 Å². The summed E-state index contributed by atoms with van der Waals surface area (Å²) in [6.07, 6.45) is 3.68. The normalized spacial score (nSPS) is 14.1. The summed E-state index contributed by atoms with van der Waals surface area (Å²) in [5, 5.41) is 4.21. The minimum atomic E-state index is 0.262. The number of pyridine rings is 1. The van der Waals surface area contributed by atoms with Crippen LogP contribution in [0.3, 0.4) is 0 Å². The van der Waals surface area contributed by atoms with Gasteiger partial charge in [-0.25, -0.2) is 0 Å². The second-order valence-corrected chi connectivity index (χ2v) is 5.25. The average Bonchev–Trinajstić information content (AvgIpc) is 2.44. The summed E-state index contributed by atoms with van der Waals surface area (Å²) in [6, 6.07) is 10.6. The van der Waals surface area contributed by atoms with Gasteiger partial charge in [0.15, 0.2) is 0 Å². The summed E-state index contributed by atoms with van der Waals surface area (Å²) in [4.78, 5) is 4.07. The molecule has 0 aliphatic carbocycles. The first-order chi connectivity index (χ1) is 9.13. The Bertz CT molecular complexity index is 540. The second-order valence-electron chi connectivity index (χ2n) is 4.84. The third-order valence-electron chi connectivity index (χ3n) is 3.58. The third kappa shape index (κ3) is 3.14. The molecule has 2 aromatic rings. The summed E-state index contributed by atoms with van der Waals surface area (Å²) >= 11 is 6.10. The van der Waals surface area contributed by atoms with Gasteiger partial charge in [0, 0.05) is 29.4 Å². The predicted molar refractivity (Wildman–Crippen MR) is 80.6 cm³/mol. The number of nitrogens with zero attached hydrogens (tertiary/aromatic N) is 1. The maximum atomic E-state index is 6.10. The van der Waals surface area contributed by atoms with E-state index < -0.39 is 0 Å². The van der Waals surface area contributed by atoms with Crippen molar-refractivity contribution in [3.8, 4) is 0 Å². The molecule has 0 radical (unpaired) electrons. The summed E-state index contributed by atoms with van der Waals surface area (Å²) in [7, 11) is 1.99. The molecule has 1 heterocycles. The van der Waals surface area contributed by atoms with E-state index in [0.29, 0.717) is 5.92 Å². The summed E-state index contributed by atoms with van der Waals surface area (Å²) in [5.41, 5.74) is 3.65. The molecular weight excluding hydrogens is 256 g/mol. The first kappa shape index (κ1) is 14.0. The number of benzene rings is 1. The van der Waals surface area contributed by atoms with Crippen molar-refractivity contribution in [1.29, 1.82) is 0 Å². The summed E-state index contributed by atoms with van der Waals surface area (Å²) in [6.45, 7) is 4.26. The Balaban J connectivity index is 2.31. The molecule has 1 aromatic carbocycles. The molecule has 3 heteroatoms. The fraction of sp³-hybridized carbons (Fsp3) is 0.312. The topological polar surface area (TPSA) is 24.9 Å². The smallest absolute Gasteiger partial charge is 0.0435 e. The van der Waals surface area contributed by atoms with Crippen LogP contribution in [-0.2, 0) is 0 Å². The molecule has 0 fully saturated rings. The summed E-state index contributed by atoms with van der Waals surface area (Å²) in [5.74, 6) is 0.369. The van der Waals surface area contributed by atoms with Gasteiger partial charge in [0.25, 0.3) is 0 Å². The van der Waals surface area contributed by atoms with Crippen LogP contribution in [0.15, 0.2) is 42.7 Å². The zero-order valence-electron chi connectivity index (χ0n) is 11.5. The van der Waals surface area contributed by atoms with Crippen LogP contribution in [0.2, 0.25) is 5.02 Å². The predicted octanol–water partition coefficient (Wildman–Crippen LogP) is 4.11. The number of hydrogen-bond acceptors (Lipinski definition) is 2. The Kier molecular flexibility index (Phi) is 4.56. The monoisotopic (exact) mass is 274 g/mol. The molecule has 0 saturated heterocycles. The molecular formula is C16H19ClN2. The molecule has 19 heavy (non-hydrogen) atoms. The maximum absolute atomic E-state index is 6.10. The van der Waals surface area contributed by atoms with Crippen molar-refractivity contribution in [2.75, 3.05) is 7.05 Å². The van der Waals surface area contributed by atoms with E-state index in [-0.39, 0.29) is 6.04 Å². The van der Waals surface area contributed by atoms with Crippen molar-refractivity contribution in [2.24, 2.45) is 0 Å². The fourth-order valence-corrected chi connectivity index (χ4v) is 2.54. The van der Waals surface area contributed by atoms with Crippen LogP contribution < -0.4 is 5.32 Å². The molecule has 2 unspecified atom stereocenters. The van der Waals surface area contributed by atoms with Gasteiger partial charge in [-0.05, 0) is 48.9 Å². The standard InChI is InChI=1S/C16H19ClN2/c1-11-10-14(4-5-15(11)17)16(18-3)12(2)13-6-8-19-9-7-13/h4-10,12,16,18H,1-3H3. The second kappa shape index (κ2) is 6.18. The number of rotatable bonds is 4. The van der Waals surface area contributed by atoms with Gasteiger partial charge in [0.1, 0.15) is 0 Å². The molecule has 0 bridgehead atoms. The van der Waals surface area contributed by atoms with Gasteiger partial charge in [0.2, 0.25) is 0 Å². The van der Waals surface area contributed by atoms with Crippen LogP contribution >= 0.6 is 11.6 Å². The Morgan fingerprint density at radius 2 is 1.79 bits per heavy atom. The first-order valence-electron chi connectivity index (χ1n) is 6.46. The van der Waals surface area contributed by atoms with E-state index >= 15 is 0 Å². The van der Waals surface area contributed by atoms with E-state index in [2.05, 4.69) is 41.5 Å². The molecule has 2 nitrogen and oxygen atoms in total. The molecule has 100 valence electrons. The van der Waals surface area contributed by atoms with Gasteiger partial charge in [-0.15, -0.1) is 0 Å². The third-order valence-corrected chi connectivity index (χ3v) is 4.01. The molecule has 0 aliphatic rings. The van der Waals surface area contributed by atoms with Crippen molar-refractivity contribution in [3.63, 3.8) is 0 Å². The molecule has 0 aliphatic heterocycles. The van der Waals surface area contributed by atoms with E-state index in [1.165, 1.54) is 11.1 Å². The van der Waals surface area contributed by atoms with Gasteiger partial charge in [-0.1, -0.05) is 30.7 Å². The van der Waals surface area contributed by atoms with Crippen LogP contribution in [0.25, 0.3) is 0 Å². The molecule has 1 aromatic heterocycles. The molecule has 0 saturated carbocycles. The van der Waals surface area contributed by atoms with Crippen LogP contribution in [0.1, 0.15) is 35.6 Å². The van der Waals surface area contributed by atoms with Gasteiger partial charge < -0.3 is 5.32 Å². The lowest BCUT2D eigenvalue weighted by Crippen LogP contribution is -2.22. The Morgan fingerprint density at radius 1 is 1.11 bits per heavy atom. The lowest BCUT2D eigenvalue weighted by atomic mass is 9.88. The highest BCUT2D eigenvalue weighted by molar-refractivity contribution is 6.31. The number of hydrogen-bond donors (Lipinski definition) is 1. The van der Waals surface area contributed by atoms with Crippen LogP contribution in [-0.4, -0.2) is 12.0 Å². The van der Waals surface area contributed by atoms with Gasteiger partial charge in [0.05, 0.1) is 0 Å². The number of aromatic nitrogens is 1. The maximum Gasteiger partial charge on any atom is 0.0435 e. The molecule has 2 rings (SSSR count). The van der Waals surface area contributed by atoms with Crippen LogP contribution in [0, 0.1) is 6.92 Å². The zero-order valence-corrected chi connectivity index (χ0v) is 12.3. The van der Waals surface area contributed by atoms with Crippen molar-refractivity contribution in [2.45, 2.75) is 25.8 Å². The zero-order chi connectivity index (χ0) is 13.8. The highest BCUT2D eigenvalue weighted by Crippen LogP contribution is 2.31. The number of likely N-dealkylation sites (N-methyl/N-ethyl adjacent to an activating group) is 1. The quantitative estimate of drug-likeness (QED) is 0.908. The lowest BCUT2D eigenvalue weighted by molar-refractivity contribution is 0.507. The fourth-order valence-electron chi connectivity index (χ4n) is 2.43. The molecule has 1 N–H and O–H groups in total. The van der Waals surface area contributed by atoms with Crippen molar-refractivity contribution < 1.29 is 0 Å². The van der Waals surface area contributed by atoms with E-state index in [0.717, 1.165) is 10.6 Å². The lowest BCUT2D eigenvalue weighted by Gasteiger charge is -2.25. The molecule has 0 spiro atoms. The van der Waals surface area contributed by atoms with Gasteiger partial charge in [-0.2, -0.15) is 0 Å². The van der Waals surface area contributed by atoms with Crippen molar-refractivity contribution in [3.05, 3.63) is 64.4 Å². The molecule has 2 atom stereocenters. The minimum absolute atomic E-state index is 0.262. The van der Waals surface area contributed by atoms with E-state index in [4.69, 9.17) is 11.6 Å². The van der Waals surface area contributed by atoms with Gasteiger partial charge >= 0.3 is 0 Å². The highest BCUT2D eigenvalue weighted by atomic mass is 35.5. The highest BCUT2D eigenvalue weighted by Gasteiger charge is 2.19. The average molecular weight is 275 g/mol. The van der Waals surface area contributed by atoms with Gasteiger partial charge in [-0.3, -0.25) is 4.98 Å². The molecule has 0 amide bonds. The Hall–Kier alpha value is -1.38. The van der Waals surface area contributed by atoms with E-state index in [1.54, 1.807) is 0 Å². The Morgan fingerprint density at radius 3 is 2.37 bits per heavy atom. The number of aryl methyl sites for hydroxylation is 1.